The lowest BCUT2D eigenvalue weighted by molar-refractivity contribution is -0.151. The van der Waals surface area contributed by atoms with E-state index in [9.17, 15) is 24.6 Å². The molecular formula is C39H61N3O8. The van der Waals surface area contributed by atoms with Crippen LogP contribution in [-0.2, 0) is 19.0 Å². The number of rotatable bonds is 7. The number of likely N-dealkylation sites (tertiary alicyclic amines) is 1. The highest BCUT2D eigenvalue weighted by atomic mass is 16.6. The molecule has 11 heteroatoms. The lowest BCUT2D eigenvalue weighted by atomic mass is 9.88. The van der Waals surface area contributed by atoms with Crippen LogP contribution in [0.4, 0.5) is 9.59 Å². The fraction of sp³-hybridized carbons (Fsp3) is 0.769. The van der Waals surface area contributed by atoms with Crippen LogP contribution in [0.15, 0.2) is 36.0 Å². The number of hydrogen-bond donors (Lipinski definition) is 2. The number of esters is 1. The van der Waals surface area contributed by atoms with Gasteiger partial charge in [0.25, 0.3) is 0 Å². The van der Waals surface area contributed by atoms with Crippen LogP contribution in [0.25, 0.3) is 0 Å². The molecule has 0 aromatic carbocycles. The molecule has 0 bridgehead atoms. The third kappa shape index (κ3) is 10.8. The van der Waals surface area contributed by atoms with Crippen molar-refractivity contribution in [2.45, 2.75) is 134 Å². The Kier molecular flexibility index (Phi) is 13.5. The minimum atomic E-state index is -1.46. The highest BCUT2D eigenvalue weighted by Gasteiger charge is 2.42. The molecule has 0 unspecified atom stereocenters. The van der Waals surface area contributed by atoms with E-state index in [0.717, 1.165) is 57.4 Å². The minimum absolute atomic E-state index is 0.135. The predicted octanol–water partition coefficient (Wildman–Crippen LogP) is 5.75. The summed E-state index contributed by atoms with van der Waals surface area (Å²) >= 11 is 0. The molecule has 0 aromatic heterocycles. The van der Waals surface area contributed by atoms with Gasteiger partial charge in [0.05, 0.1) is 12.5 Å². The first kappa shape index (κ1) is 38.3. The normalized spacial score (nSPS) is 32.8. The third-order valence-electron chi connectivity index (χ3n) is 11.5. The lowest BCUT2D eigenvalue weighted by Gasteiger charge is -2.40. The van der Waals surface area contributed by atoms with Crippen LogP contribution in [0, 0.1) is 11.3 Å². The Hall–Kier alpha value is -2.89. The summed E-state index contributed by atoms with van der Waals surface area (Å²) in [6.07, 6.45) is 17.8. The Labute approximate surface area is 298 Å². The van der Waals surface area contributed by atoms with Gasteiger partial charge in [-0.1, -0.05) is 56.9 Å². The van der Waals surface area contributed by atoms with Gasteiger partial charge in [0.1, 0.15) is 18.3 Å². The van der Waals surface area contributed by atoms with Gasteiger partial charge in [-0.3, -0.25) is 9.69 Å². The molecule has 2 N–H and O–H groups in total. The fourth-order valence-corrected chi connectivity index (χ4v) is 7.74. The molecule has 5 aliphatic rings. The van der Waals surface area contributed by atoms with Crippen LogP contribution >= 0.6 is 0 Å². The van der Waals surface area contributed by atoms with Crippen molar-refractivity contribution < 1.29 is 38.8 Å². The Bertz CT molecular complexity index is 1240. The van der Waals surface area contributed by atoms with Crippen molar-refractivity contribution in [2.24, 2.45) is 11.3 Å². The van der Waals surface area contributed by atoms with Crippen LogP contribution in [0.3, 0.4) is 0 Å². The molecule has 2 aliphatic carbocycles. The van der Waals surface area contributed by atoms with Crippen molar-refractivity contribution in [2.75, 3.05) is 45.9 Å². The van der Waals surface area contributed by atoms with Crippen molar-refractivity contribution in [3.63, 3.8) is 0 Å². The monoisotopic (exact) mass is 699 g/mol. The molecule has 280 valence electrons. The summed E-state index contributed by atoms with van der Waals surface area (Å²) < 4.78 is 17.6. The van der Waals surface area contributed by atoms with Crippen LogP contribution in [0.2, 0.25) is 0 Å². The smallest absolute Gasteiger partial charge is 0.410 e. The Morgan fingerprint density at radius 3 is 2.24 bits per heavy atom. The zero-order valence-electron chi connectivity index (χ0n) is 30.6. The number of piperazine rings is 1. The Morgan fingerprint density at radius 2 is 1.58 bits per heavy atom. The molecular weight excluding hydrogens is 638 g/mol. The Balaban J connectivity index is 1.22. The molecule has 11 nitrogen and oxygen atoms in total. The molecule has 2 saturated heterocycles. The number of carbonyl (C=O) groups excluding carboxylic acids is 3. The highest BCUT2D eigenvalue weighted by molar-refractivity contribution is 5.70. The average molecular weight is 700 g/mol. The summed E-state index contributed by atoms with van der Waals surface area (Å²) in [6, 6.07) is 0.591. The van der Waals surface area contributed by atoms with E-state index in [2.05, 4.69) is 11.0 Å². The second-order valence-electron chi connectivity index (χ2n) is 15.8. The van der Waals surface area contributed by atoms with Crippen molar-refractivity contribution in [1.82, 2.24) is 14.7 Å². The number of nitrogens with zero attached hydrogens (tertiary/aromatic N) is 3. The predicted molar refractivity (Wildman–Crippen MR) is 190 cm³/mol. The fourth-order valence-electron chi connectivity index (χ4n) is 7.74. The number of cyclic esters (lactones) is 1. The number of carbonyl (C=O) groups is 3. The number of hydrogen-bond acceptors (Lipinski definition) is 9. The van der Waals surface area contributed by atoms with E-state index >= 15 is 0 Å². The number of allylic oxidation sites excluding steroid dienone is 2. The van der Waals surface area contributed by atoms with Crippen molar-refractivity contribution in [1.29, 1.82) is 0 Å². The first-order chi connectivity index (χ1) is 23.9. The molecule has 3 aliphatic heterocycles. The van der Waals surface area contributed by atoms with Gasteiger partial charge >= 0.3 is 18.2 Å². The highest BCUT2D eigenvalue weighted by Crippen LogP contribution is 2.47. The third-order valence-corrected chi connectivity index (χ3v) is 11.5. The summed E-state index contributed by atoms with van der Waals surface area (Å²) in [5, 5.41) is 22.2. The maximum atomic E-state index is 13.5. The second kappa shape index (κ2) is 17.6. The van der Waals surface area contributed by atoms with Crippen molar-refractivity contribution in [3.8, 4) is 0 Å². The first-order valence-electron chi connectivity index (χ1n) is 19.2. The van der Waals surface area contributed by atoms with Gasteiger partial charge in [0, 0.05) is 56.6 Å². The summed E-state index contributed by atoms with van der Waals surface area (Å²) in [5.74, 6) is -0.838. The van der Waals surface area contributed by atoms with E-state index in [1.807, 2.05) is 32.1 Å². The minimum Gasteiger partial charge on any atom is -0.457 e. The van der Waals surface area contributed by atoms with Gasteiger partial charge in [-0.15, -0.1) is 0 Å². The van der Waals surface area contributed by atoms with Crippen LogP contribution in [0.1, 0.15) is 104 Å². The van der Waals surface area contributed by atoms with Gasteiger partial charge in [-0.05, 0) is 76.9 Å². The maximum absolute atomic E-state index is 13.5. The van der Waals surface area contributed by atoms with E-state index in [4.69, 9.17) is 14.2 Å². The lowest BCUT2D eigenvalue weighted by Crippen LogP contribution is -2.53. The summed E-state index contributed by atoms with van der Waals surface area (Å²) in [6.45, 7) is 10.1. The standard InChI is InChI=1S/C39H61N3O8/c1-29(11-10-17-39(19-20-39)28-48-36(45)41-21-8-9-22-41)35-30(2)14-15-33(38(3,47)18-16-32(43)27-34(44)50-35)49-37(46)42-25-23-40(24-26-42)31-12-6-4-5-7-13-31/h10-11,14-15,17,30-33,35,43,47H,4-9,12-13,16,18-28H2,1-3H3/b15-14-,17-10+,29-11+/t30-,32+,33+,35+,38+/m0/s1. The number of aliphatic hydroxyl groups is 2. The van der Waals surface area contributed by atoms with Gasteiger partial charge < -0.3 is 34.2 Å². The molecule has 4 fully saturated rings. The van der Waals surface area contributed by atoms with E-state index in [1.165, 1.54) is 38.5 Å². The zero-order valence-corrected chi connectivity index (χ0v) is 30.6. The molecule has 3 heterocycles. The molecule has 0 radical (unpaired) electrons. The first-order valence-corrected chi connectivity index (χ1v) is 19.2. The summed E-state index contributed by atoms with van der Waals surface area (Å²) in [4.78, 5) is 44.8. The molecule has 5 rings (SSSR count). The topological polar surface area (TPSA) is 129 Å². The number of aliphatic hydroxyl groups excluding tert-OH is 1. The summed E-state index contributed by atoms with van der Waals surface area (Å²) in [7, 11) is 0. The van der Waals surface area contributed by atoms with Gasteiger partial charge in [0.2, 0.25) is 0 Å². The number of ether oxygens (including phenoxy) is 3. The summed E-state index contributed by atoms with van der Waals surface area (Å²) in [5.41, 5.74) is -0.830. The maximum Gasteiger partial charge on any atom is 0.410 e. The number of amides is 2. The van der Waals surface area contributed by atoms with Crippen LogP contribution < -0.4 is 0 Å². The molecule has 50 heavy (non-hydrogen) atoms. The van der Waals surface area contributed by atoms with E-state index in [1.54, 1.807) is 22.8 Å². The van der Waals surface area contributed by atoms with Crippen molar-refractivity contribution in [3.05, 3.63) is 36.0 Å². The van der Waals surface area contributed by atoms with E-state index in [0.29, 0.717) is 25.7 Å². The molecule has 2 saturated carbocycles. The Morgan fingerprint density at radius 1 is 0.920 bits per heavy atom. The molecule has 0 aromatic rings. The zero-order chi connectivity index (χ0) is 35.7. The van der Waals surface area contributed by atoms with E-state index in [-0.39, 0.29) is 36.7 Å². The average Bonchev–Trinajstić information content (AvgIpc) is 3.75. The van der Waals surface area contributed by atoms with Crippen LogP contribution in [-0.4, -0.2) is 119 Å². The SMILES string of the molecule is C/C(=C\C=C\C1(COC(=O)N2CCCC2)CC1)[C@H]1OC(=O)C[C@H](O)CC[C@@](C)(O)[C@H](OC(=O)N2CCN(C3CCCCCC3)CC2)/C=C\[C@@H]1C. The second-order valence-corrected chi connectivity index (χ2v) is 15.8. The van der Waals surface area contributed by atoms with Crippen molar-refractivity contribution >= 4 is 18.2 Å². The van der Waals surface area contributed by atoms with Gasteiger partial charge in [-0.2, -0.15) is 0 Å². The van der Waals surface area contributed by atoms with Gasteiger partial charge in [0.15, 0.2) is 6.10 Å². The quantitative estimate of drug-likeness (QED) is 0.112. The van der Waals surface area contributed by atoms with Crippen LogP contribution in [0.5, 0.6) is 0 Å². The largest absolute Gasteiger partial charge is 0.457 e. The molecule has 2 amide bonds. The molecule has 0 spiro atoms. The van der Waals surface area contributed by atoms with E-state index < -0.39 is 36.0 Å². The molecule has 5 atom stereocenters. The van der Waals surface area contributed by atoms with Gasteiger partial charge in [-0.25, -0.2) is 9.59 Å².